The standard InChI is InChI=1S/C20H22F2N6O/c1-11(2)12-6-7-28(20(23)24)10-13(12)16-8-26-17(9-25-16)27-19(29)18-14(21)4-3-5-15(18)22/h3-5,8-9,11H,6-7,10H2,1-2H3,(H3,23,24)(H,26,27,29). The van der Waals surface area contributed by atoms with Gasteiger partial charge in [0.25, 0.3) is 5.91 Å². The van der Waals surface area contributed by atoms with E-state index in [0.29, 0.717) is 24.7 Å². The molecule has 7 nitrogen and oxygen atoms in total. The lowest BCUT2D eigenvalue weighted by Crippen LogP contribution is -2.41. The average molecular weight is 400 g/mol. The Labute approximate surface area is 167 Å². The number of anilines is 1. The number of rotatable bonds is 4. The topological polar surface area (TPSA) is 108 Å². The fourth-order valence-electron chi connectivity index (χ4n) is 3.31. The molecule has 2 heterocycles. The Balaban J connectivity index is 1.83. The molecular weight excluding hydrogens is 378 g/mol. The third-order valence-corrected chi connectivity index (χ3v) is 4.82. The first-order valence-electron chi connectivity index (χ1n) is 9.16. The molecule has 0 aliphatic carbocycles. The van der Waals surface area contributed by atoms with E-state index in [1.54, 1.807) is 4.90 Å². The Kier molecular flexibility index (Phi) is 5.86. The summed E-state index contributed by atoms with van der Waals surface area (Å²) in [5.41, 5.74) is 7.71. The first kappa shape index (κ1) is 20.4. The van der Waals surface area contributed by atoms with Crippen molar-refractivity contribution in [2.45, 2.75) is 20.3 Å². The Hall–Kier alpha value is -3.36. The smallest absolute Gasteiger partial charge is 0.262 e. The molecule has 152 valence electrons. The van der Waals surface area contributed by atoms with Crippen molar-refractivity contribution in [3.8, 4) is 0 Å². The van der Waals surface area contributed by atoms with E-state index in [1.165, 1.54) is 24.0 Å². The Morgan fingerprint density at radius 1 is 1.24 bits per heavy atom. The van der Waals surface area contributed by atoms with Crippen molar-refractivity contribution in [2.75, 3.05) is 18.4 Å². The molecule has 0 fully saturated rings. The first-order valence-corrected chi connectivity index (χ1v) is 9.16. The molecule has 0 saturated carbocycles. The predicted octanol–water partition coefficient (Wildman–Crippen LogP) is 3.02. The summed E-state index contributed by atoms with van der Waals surface area (Å²) in [7, 11) is 0. The van der Waals surface area contributed by atoms with Gasteiger partial charge in [0.05, 0.1) is 18.1 Å². The molecule has 1 aromatic carbocycles. The van der Waals surface area contributed by atoms with Crippen LogP contribution in [0.4, 0.5) is 14.6 Å². The highest BCUT2D eigenvalue weighted by Crippen LogP contribution is 2.30. The molecule has 1 aliphatic rings. The summed E-state index contributed by atoms with van der Waals surface area (Å²) >= 11 is 0. The Morgan fingerprint density at radius 2 is 1.93 bits per heavy atom. The van der Waals surface area contributed by atoms with Gasteiger partial charge >= 0.3 is 0 Å². The van der Waals surface area contributed by atoms with Gasteiger partial charge in [-0.15, -0.1) is 0 Å². The minimum absolute atomic E-state index is 0.00550. The van der Waals surface area contributed by atoms with Crippen LogP contribution in [0, 0.1) is 23.0 Å². The van der Waals surface area contributed by atoms with Crippen molar-refractivity contribution in [1.82, 2.24) is 14.9 Å². The van der Waals surface area contributed by atoms with Gasteiger partial charge < -0.3 is 16.0 Å². The zero-order chi connectivity index (χ0) is 21.1. The van der Waals surface area contributed by atoms with E-state index < -0.39 is 23.1 Å². The maximum absolute atomic E-state index is 13.8. The van der Waals surface area contributed by atoms with Gasteiger partial charge in [-0.1, -0.05) is 25.5 Å². The summed E-state index contributed by atoms with van der Waals surface area (Å²) in [4.78, 5) is 22.5. The zero-order valence-corrected chi connectivity index (χ0v) is 16.2. The minimum Gasteiger partial charge on any atom is -0.370 e. The first-order chi connectivity index (χ1) is 13.8. The van der Waals surface area contributed by atoms with Crippen molar-refractivity contribution in [1.29, 1.82) is 5.41 Å². The molecule has 1 amide bonds. The van der Waals surface area contributed by atoms with E-state index in [9.17, 15) is 13.6 Å². The van der Waals surface area contributed by atoms with Crippen LogP contribution in [0.3, 0.4) is 0 Å². The molecule has 1 aliphatic heterocycles. The van der Waals surface area contributed by atoms with Crippen molar-refractivity contribution < 1.29 is 13.6 Å². The number of guanidine groups is 1. The van der Waals surface area contributed by atoms with Crippen LogP contribution in [0.2, 0.25) is 0 Å². The maximum atomic E-state index is 13.8. The third-order valence-electron chi connectivity index (χ3n) is 4.82. The number of benzene rings is 1. The molecule has 4 N–H and O–H groups in total. The summed E-state index contributed by atoms with van der Waals surface area (Å²) in [6, 6.07) is 3.21. The quantitative estimate of drug-likeness (QED) is 0.540. The number of nitrogens with zero attached hydrogens (tertiary/aromatic N) is 3. The van der Waals surface area contributed by atoms with E-state index in [0.717, 1.165) is 24.1 Å². The number of halogens is 2. The molecule has 0 radical (unpaired) electrons. The summed E-state index contributed by atoms with van der Waals surface area (Å²) in [6.45, 7) is 5.29. The summed E-state index contributed by atoms with van der Waals surface area (Å²) in [5, 5.41) is 10.0. The highest BCUT2D eigenvalue weighted by Gasteiger charge is 2.24. The van der Waals surface area contributed by atoms with Crippen LogP contribution in [0.15, 0.2) is 36.2 Å². The van der Waals surface area contributed by atoms with Crippen LogP contribution in [0.5, 0.6) is 0 Å². The number of aromatic nitrogens is 2. The molecule has 2 aromatic rings. The summed E-state index contributed by atoms with van der Waals surface area (Å²) in [6.07, 6.45) is 3.59. The van der Waals surface area contributed by atoms with E-state index in [-0.39, 0.29) is 11.8 Å². The van der Waals surface area contributed by atoms with Gasteiger partial charge in [0.2, 0.25) is 0 Å². The zero-order valence-electron chi connectivity index (χ0n) is 16.2. The highest BCUT2D eigenvalue weighted by atomic mass is 19.1. The van der Waals surface area contributed by atoms with Crippen LogP contribution in [-0.4, -0.2) is 39.8 Å². The molecule has 3 rings (SSSR count). The number of carbonyl (C=O) groups excluding carboxylic acids is 1. The van der Waals surface area contributed by atoms with Crippen LogP contribution in [0.25, 0.3) is 5.57 Å². The van der Waals surface area contributed by atoms with E-state index >= 15 is 0 Å². The van der Waals surface area contributed by atoms with Crippen LogP contribution in [0.1, 0.15) is 36.3 Å². The second-order valence-electron chi connectivity index (χ2n) is 7.05. The van der Waals surface area contributed by atoms with Gasteiger partial charge in [-0.3, -0.25) is 15.2 Å². The lowest BCUT2D eigenvalue weighted by molar-refractivity contribution is 0.101. The number of hydrogen-bond donors (Lipinski definition) is 3. The predicted molar refractivity (Wildman–Crippen MR) is 106 cm³/mol. The lowest BCUT2D eigenvalue weighted by atomic mass is 9.89. The molecule has 29 heavy (non-hydrogen) atoms. The highest BCUT2D eigenvalue weighted by molar-refractivity contribution is 6.04. The Bertz CT molecular complexity index is 951. The largest absolute Gasteiger partial charge is 0.370 e. The van der Waals surface area contributed by atoms with Crippen molar-refractivity contribution >= 4 is 23.3 Å². The molecule has 9 heteroatoms. The van der Waals surface area contributed by atoms with E-state index in [4.69, 9.17) is 11.1 Å². The van der Waals surface area contributed by atoms with Crippen LogP contribution < -0.4 is 11.1 Å². The van der Waals surface area contributed by atoms with Gasteiger partial charge in [0.1, 0.15) is 17.2 Å². The summed E-state index contributed by atoms with van der Waals surface area (Å²) in [5.74, 6) is -2.48. The fourth-order valence-corrected chi connectivity index (χ4v) is 3.31. The SMILES string of the molecule is CC(C)C1=C(c2cnc(NC(=O)c3c(F)cccc3F)cn2)CN(C(=N)N)CC1. The maximum Gasteiger partial charge on any atom is 0.262 e. The molecular formula is C20H22F2N6O. The molecule has 0 bridgehead atoms. The Morgan fingerprint density at radius 3 is 2.48 bits per heavy atom. The lowest BCUT2D eigenvalue weighted by Gasteiger charge is -2.32. The number of hydrogen-bond acceptors (Lipinski definition) is 4. The van der Waals surface area contributed by atoms with Crippen molar-refractivity contribution in [3.63, 3.8) is 0 Å². The third kappa shape index (κ3) is 4.39. The minimum atomic E-state index is -0.953. The van der Waals surface area contributed by atoms with Gasteiger partial charge in [-0.05, 0) is 30.0 Å². The van der Waals surface area contributed by atoms with Crippen LogP contribution in [-0.2, 0) is 0 Å². The van der Waals surface area contributed by atoms with Gasteiger partial charge in [-0.2, -0.15) is 0 Å². The number of carbonyl (C=O) groups is 1. The second kappa shape index (κ2) is 8.34. The molecule has 1 aromatic heterocycles. The van der Waals surface area contributed by atoms with Gasteiger partial charge in [-0.25, -0.2) is 13.8 Å². The average Bonchev–Trinajstić information content (AvgIpc) is 2.68. The fraction of sp³-hybridized carbons (Fsp3) is 0.300. The van der Waals surface area contributed by atoms with Gasteiger partial charge in [0.15, 0.2) is 11.8 Å². The monoisotopic (exact) mass is 400 g/mol. The number of nitrogens with one attached hydrogen (secondary N) is 2. The van der Waals surface area contributed by atoms with E-state index in [1.807, 2.05) is 0 Å². The van der Waals surface area contributed by atoms with E-state index in [2.05, 4.69) is 29.1 Å². The van der Waals surface area contributed by atoms with Gasteiger partial charge in [0, 0.05) is 13.1 Å². The van der Waals surface area contributed by atoms with Crippen LogP contribution >= 0.6 is 0 Å². The molecule has 0 atom stereocenters. The normalized spacial score (nSPS) is 14.3. The van der Waals surface area contributed by atoms with Crippen molar-refractivity contribution in [2.24, 2.45) is 11.7 Å². The number of nitrogens with two attached hydrogens (primary N) is 1. The summed E-state index contributed by atoms with van der Waals surface area (Å²) < 4.78 is 27.5. The molecule has 0 unspecified atom stereocenters. The molecule has 0 saturated heterocycles. The molecule has 0 spiro atoms. The van der Waals surface area contributed by atoms with Crippen molar-refractivity contribution in [3.05, 3.63) is 59.1 Å². The second-order valence-corrected chi connectivity index (χ2v) is 7.05. The number of amides is 1.